The first-order chi connectivity index (χ1) is 9.89. The zero-order valence-corrected chi connectivity index (χ0v) is 13.4. The molecule has 1 atom stereocenters. The maximum atomic E-state index is 12.4. The molecule has 0 bridgehead atoms. The molecule has 2 aliphatic rings. The lowest BCUT2D eigenvalue weighted by atomic mass is 9.75. The molecule has 2 heterocycles. The van der Waals surface area contributed by atoms with Gasteiger partial charge in [-0.15, -0.1) is 0 Å². The van der Waals surface area contributed by atoms with Crippen LogP contribution in [0.2, 0.25) is 0 Å². The fraction of sp³-hybridized carbons (Fsp3) is 0.929. The van der Waals surface area contributed by atoms with Gasteiger partial charge in [-0.25, -0.2) is 12.7 Å². The Hall–Kier alpha value is -0.660. The number of piperidine rings is 1. The summed E-state index contributed by atoms with van der Waals surface area (Å²) in [5, 5.41) is 9.45. The average Bonchev–Trinajstić information content (AvgIpc) is 2.91. The molecule has 2 rings (SSSR count). The third-order valence-corrected chi connectivity index (χ3v) is 6.62. The summed E-state index contributed by atoms with van der Waals surface area (Å²) < 4.78 is 31.6. The van der Waals surface area contributed by atoms with Crippen molar-refractivity contribution in [3.63, 3.8) is 0 Å². The summed E-state index contributed by atoms with van der Waals surface area (Å²) in [5.41, 5.74) is -0.745. The summed E-state index contributed by atoms with van der Waals surface area (Å²) in [5.74, 6) is -0.763. The molecule has 7 heteroatoms. The van der Waals surface area contributed by atoms with Crippen molar-refractivity contribution in [2.24, 2.45) is 5.41 Å². The first kappa shape index (κ1) is 16.7. The van der Waals surface area contributed by atoms with Crippen LogP contribution in [0.25, 0.3) is 0 Å². The quantitative estimate of drug-likeness (QED) is 0.801. The summed E-state index contributed by atoms with van der Waals surface area (Å²) in [6.45, 7) is 3.22. The number of ether oxygens (including phenoxy) is 1. The summed E-state index contributed by atoms with van der Waals surface area (Å²) in [4.78, 5) is 11.5. The van der Waals surface area contributed by atoms with Crippen molar-refractivity contribution in [2.75, 3.05) is 25.4 Å². The molecule has 6 nitrogen and oxygen atoms in total. The van der Waals surface area contributed by atoms with Crippen molar-refractivity contribution in [3.05, 3.63) is 0 Å². The van der Waals surface area contributed by atoms with E-state index in [-0.39, 0.29) is 11.9 Å². The van der Waals surface area contributed by atoms with Crippen LogP contribution in [0, 0.1) is 5.41 Å². The van der Waals surface area contributed by atoms with E-state index in [1.54, 1.807) is 0 Å². The lowest BCUT2D eigenvalue weighted by molar-refractivity contribution is -0.152. The van der Waals surface area contributed by atoms with E-state index in [4.69, 9.17) is 4.74 Å². The van der Waals surface area contributed by atoms with Crippen LogP contribution in [0.15, 0.2) is 0 Å². The van der Waals surface area contributed by atoms with Gasteiger partial charge in [-0.2, -0.15) is 0 Å². The van der Waals surface area contributed by atoms with E-state index in [2.05, 4.69) is 0 Å². The molecule has 122 valence electrons. The minimum absolute atomic E-state index is 0.0286. The first-order valence-corrected chi connectivity index (χ1v) is 9.33. The number of carboxylic acids is 1. The number of rotatable bonds is 6. The molecule has 0 amide bonds. The van der Waals surface area contributed by atoms with Crippen LogP contribution >= 0.6 is 0 Å². The molecule has 0 saturated carbocycles. The van der Waals surface area contributed by atoms with Crippen molar-refractivity contribution in [3.8, 4) is 0 Å². The van der Waals surface area contributed by atoms with E-state index < -0.39 is 21.4 Å². The third-order valence-electron chi connectivity index (χ3n) is 4.68. The maximum Gasteiger partial charge on any atom is 0.309 e. The molecule has 0 radical (unpaired) electrons. The Morgan fingerprint density at radius 1 is 1.38 bits per heavy atom. The van der Waals surface area contributed by atoms with Crippen LogP contribution in [0.5, 0.6) is 0 Å². The van der Waals surface area contributed by atoms with Crippen molar-refractivity contribution in [1.29, 1.82) is 0 Å². The summed E-state index contributed by atoms with van der Waals surface area (Å²) in [7, 11) is -3.34. The summed E-state index contributed by atoms with van der Waals surface area (Å²) in [6.07, 6.45) is 3.73. The number of carbonyl (C=O) groups is 1. The van der Waals surface area contributed by atoms with E-state index in [1.165, 1.54) is 4.31 Å². The first-order valence-electron chi connectivity index (χ1n) is 7.72. The molecule has 0 aliphatic carbocycles. The van der Waals surface area contributed by atoms with Gasteiger partial charge in [0.1, 0.15) is 0 Å². The molecule has 1 N–H and O–H groups in total. The second kappa shape index (κ2) is 6.62. The molecule has 0 spiro atoms. The summed E-state index contributed by atoms with van der Waals surface area (Å²) in [6, 6.07) is 0. The van der Waals surface area contributed by atoms with Gasteiger partial charge in [0.2, 0.25) is 10.0 Å². The van der Waals surface area contributed by atoms with Gasteiger partial charge >= 0.3 is 5.97 Å². The Balaban J connectivity index is 1.97. The highest BCUT2D eigenvalue weighted by Crippen LogP contribution is 2.37. The molecule has 21 heavy (non-hydrogen) atoms. The monoisotopic (exact) mass is 319 g/mol. The number of sulfonamides is 1. The smallest absolute Gasteiger partial charge is 0.309 e. The second-order valence-corrected chi connectivity index (χ2v) is 8.16. The van der Waals surface area contributed by atoms with Gasteiger partial charge in [0.25, 0.3) is 0 Å². The minimum Gasteiger partial charge on any atom is -0.481 e. The number of hydrogen-bond donors (Lipinski definition) is 1. The van der Waals surface area contributed by atoms with Crippen LogP contribution in [0.3, 0.4) is 0 Å². The van der Waals surface area contributed by atoms with Gasteiger partial charge in [0, 0.05) is 19.7 Å². The highest BCUT2D eigenvalue weighted by molar-refractivity contribution is 7.89. The SMILES string of the molecule is CCCC1(C(=O)O)CCN(S(=O)(=O)CC2CCCO2)CC1. The normalized spacial score (nSPS) is 26.8. The Kier molecular flexibility index (Phi) is 5.27. The number of hydrogen-bond acceptors (Lipinski definition) is 4. The average molecular weight is 319 g/mol. The predicted octanol–water partition coefficient (Wildman–Crippen LogP) is 1.46. The second-order valence-electron chi connectivity index (χ2n) is 6.15. The Morgan fingerprint density at radius 2 is 2.05 bits per heavy atom. The maximum absolute atomic E-state index is 12.4. The van der Waals surface area contributed by atoms with Gasteiger partial charge in [-0.1, -0.05) is 13.3 Å². The fourth-order valence-corrected chi connectivity index (χ4v) is 5.04. The van der Waals surface area contributed by atoms with Crippen molar-refractivity contribution in [2.45, 2.75) is 51.6 Å². The van der Waals surface area contributed by atoms with E-state index in [0.717, 1.165) is 19.3 Å². The number of nitrogens with zero attached hydrogens (tertiary/aromatic N) is 1. The molecule has 0 aromatic heterocycles. The number of aliphatic carboxylic acids is 1. The summed E-state index contributed by atoms with van der Waals surface area (Å²) >= 11 is 0. The molecule has 2 saturated heterocycles. The van der Waals surface area contributed by atoms with Crippen molar-refractivity contribution < 1.29 is 23.1 Å². The van der Waals surface area contributed by atoms with Gasteiger partial charge in [-0.3, -0.25) is 4.79 Å². The van der Waals surface area contributed by atoms with Gasteiger partial charge in [0.05, 0.1) is 17.3 Å². The van der Waals surface area contributed by atoms with E-state index in [9.17, 15) is 18.3 Å². The van der Waals surface area contributed by atoms with Gasteiger partial charge < -0.3 is 9.84 Å². The molecule has 0 aromatic carbocycles. The topological polar surface area (TPSA) is 83.9 Å². The molecule has 1 unspecified atom stereocenters. The molecule has 2 fully saturated rings. The number of carboxylic acid groups (broad SMARTS) is 1. The Bertz CT molecular complexity index is 462. The molecule has 0 aromatic rings. The Labute approximate surface area is 126 Å². The van der Waals surface area contributed by atoms with Crippen LogP contribution in [-0.4, -0.2) is 55.4 Å². The van der Waals surface area contributed by atoms with Crippen LogP contribution in [0.1, 0.15) is 45.4 Å². The molecular weight excluding hydrogens is 294 g/mol. The zero-order chi connectivity index (χ0) is 15.5. The highest BCUT2D eigenvalue weighted by atomic mass is 32.2. The van der Waals surface area contributed by atoms with Crippen molar-refractivity contribution >= 4 is 16.0 Å². The largest absolute Gasteiger partial charge is 0.481 e. The van der Waals surface area contributed by atoms with Crippen molar-refractivity contribution in [1.82, 2.24) is 4.31 Å². The molecule has 2 aliphatic heterocycles. The predicted molar refractivity (Wildman–Crippen MR) is 78.5 cm³/mol. The lowest BCUT2D eigenvalue weighted by Crippen LogP contribution is -2.48. The van der Waals surface area contributed by atoms with Crippen LogP contribution in [0.4, 0.5) is 0 Å². The van der Waals surface area contributed by atoms with E-state index in [0.29, 0.717) is 39.0 Å². The lowest BCUT2D eigenvalue weighted by Gasteiger charge is -2.38. The van der Waals surface area contributed by atoms with E-state index >= 15 is 0 Å². The van der Waals surface area contributed by atoms with Crippen LogP contribution in [-0.2, 0) is 19.6 Å². The van der Waals surface area contributed by atoms with Gasteiger partial charge in [-0.05, 0) is 32.1 Å². The standard InChI is InChI=1S/C14H25NO5S/c1-2-5-14(13(16)17)6-8-15(9-7-14)21(18,19)11-12-4-3-10-20-12/h12H,2-11H2,1H3,(H,16,17). The van der Waals surface area contributed by atoms with Crippen LogP contribution < -0.4 is 0 Å². The molecular formula is C14H25NO5S. The minimum atomic E-state index is -3.34. The van der Waals surface area contributed by atoms with Gasteiger partial charge in [0.15, 0.2) is 0 Å². The Morgan fingerprint density at radius 3 is 2.52 bits per heavy atom. The van der Waals surface area contributed by atoms with E-state index in [1.807, 2.05) is 6.92 Å². The third kappa shape index (κ3) is 3.76. The highest BCUT2D eigenvalue weighted by Gasteiger charge is 2.43. The zero-order valence-electron chi connectivity index (χ0n) is 12.6. The fourth-order valence-electron chi connectivity index (χ4n) is 3.36.